The summed E-state index contributed by atoms with van der Waals surface area (Å²) in [5, 5.41) is 18.4. The van der Waals surface area contributed by atoms with Crippen LogP contribution in [0.1, 0.15) is 26.3 Å². The van der Waals surface area contributed by atoms with Gasteiger partial charge in [-0.15, -0.1) is 0 Å². The molecular formula is C22H23N3O. The Bertz CT molecular complexity index is 861. The molecule has 1 aromatic carbocycles. The molecule has 4 nitrogen and oxygen atoms in total. The summed E-state index contributed by atoms with van der Waals surface area (Å²) in [6, 6.07) is 12.1. The number of benzene rings is 1. The van der Waals surface area contributed by atoms with Gasteiger partial charge in [0.2, 0.25) is 0 Å². The SMILES string of the molecule is CN(C)c1ccc(/C=C/C2=CC(=C(C#N)C#N)C=C(C(C)(C)C)O2)cc1. The first-order valence-corrected chi connectivity index (χ1v) is 8.36. The maximum Gasteiger partial charge on any atom is 0.137 e. The van der Waals surface area contributed by atoms with E-state index in [0.29, 0.717) is 11.3 Å². The van der Waals surface area contributed by atoms with E-state index in [1.165, 1.54) is 0 Å². The van der Waals surface area contributed by atoms with E-state index >= 15 is 0 Å². The molecule has 0 radical (unpaired) electrons. The van der Waals surface area contributed by atoms with Gasteiger partial charge in [0.25, 0.3) is 0 Å². The van der Waals surface area contributed by atoms with Gasteiger partial charge in [-0.1, -0.05) is 39.0 Å². The Hall–Kier alpha value is -3.24. The first-order valence-electron chi connectivity index (χ1n) is 8.36. The standard InChI is InChI=1S/C22H23N3O/c1-22(2,3)21-13-17(18(14-23)15-24)12-20(26-21)11-8-16-6-9-19(10-7-16)25(4)5/h6-13H,1-5H3/b11-8+. The van der Waals surface area contributed by atoms with Crippen LogP contribution in [0.5, 0.6) is 0 Å². The lowest BCUT2D eigenvalue weighted by Gasteiger charge is -2.26. The van der Waals surface area contributed by atoms with Gasteiger partial charge in [0.1, 0.15) is 29.2 Å². The Morgan fingerprint density at radius 2 is 1.62 bits per heavy atom. The fourth-order valence-corrected chi connectivity index (χ4v) is 2.33. The molecule has 0 N–H and O–H groups in total. The smallest absolute Gasteiger partial charge is 0.137 e. The van der Waals surface area contributed by atoms with E-state index in [1.54, 1.807) is 12.2 Å². The molecular weight excluding hydrogens is 322 g/mol. The van der Waals surface area contributed by atoms with E-state index in [-0.39, 0.29) is 11.0 Å². The lowest BCUT2D eigenvalue weighted by molar-refractivity contribution is 0.223. The summed E-state index contributed by atoms with van der Waals surface area (Å²) in [5.74, 6) is 1.33. The van der Waals surface area contributed by atoms with Crippen LogP contribution in [0.4, 0.5) is 5.69 Å². The summed E-state index contributed by atoms with van der Waals surface area (Å²) in [6.45, 7) is 6.09. The molecule has 1 aromatic rings. The van der Waals surface area contributed by atoms with E-state index in [4.69, 9.17) is 4.74 Å². The molecule has 0 aliphatic carbocycles. The van der Waals surface area contributed by atoms with Crippen LogP contribution in [0.3, 0.4) is 0 Å². The van der Waals surface area contributed by atoms with Crippen LogP contribution >= 0.6 is 0 Å². The monoisotopic (exact) mass is 345 g/mol. The van der Waals surface area contributed by atoms with Crippen LogP contribution in [-0.2, 0) is 4.74 Å². The van der Waals surface area contributed by atoms with Crippen molar-refractivity contribution in [2.75, 3.05) is 19.0 Å². The van der Waals surface area contributed by atoms with Gasteiger partial charge < -0.3 is 9.64 Å². The van der Waals surface area contributed by atoms with Gasteiger partial charge in [-0.2, -0.15) is 10.5 Å². The molecule has 0 bridgehead atoms. The minimum atomic E-state index is -0.234. The van der Waals surface area contributed by atoms with Crippen LogP contribution in [0.25, 0.3) is 6.08 Å². The largest absolute Gasteiger partial charge is 0.461 e. The van der Waals surface area contributed by atoms with Crippen molar-refractivity contribution in [3.8, 4) is 12.1 Å². The van der Waals surface area contributed by atoms with Crippen molar-refractivity contribution in [2.45, 2.75) is 20.8 Å². The molecule has 1 aliphatic heterocycles. The average molecular weight is 345 g/mol. The molecule has 1 aliphatic rings. The number of hydrogen-bond acceptors (Lipinski definition) is 4. The highest BCUT2D eigenvalue weighted by atomic mass is 16.5. The second-order valence-electron chi connectivity index (χ2n) is 7.28. The molecule has 0 aromatic heterocycles. The molecule has 26 heavy (non-hydrogen) atoms. The predicted octanol–water partition coefficient (Wildman–Crippen LogP) is 4.95. The van der Waals surface area contributed by atoms with Crippen molar-refractivity contribution in [3.63, 3.8) is 0 Å². The van der Waals surface area contributed by atoms with Gasteiger partial charge in [-0.25, -0.2) is 0 Å². The summed E-state index contributed by atoms with van der Waals surface area (Å²) in [4.78, 5) is 2.04. The van der Waals surface area contributed by atoms with Gasteiger partial charge in [0, 0.05) is 30.8 Å². The maximum atomic E-state index is 9.18. The van der Waals surface area contributed by atoms with Gasteiger partial charge in [-0.05, 0) is 35.9 Å². The topological polar surface area (TPSA) is 60.0 Å². The third-order valence-electron chi connectivity index (χ3n) is 3.91. The summed E-state index contributed by atoms with van der Waals surface area (Å²) in [7, 11) is 4.00. The molecule has 4 heteroatoms. The van der Waals surface area contributed by atoms with E-state index < -0.39 is 0 Å². The van der Waals surface area contributed by atoms with Crippen LogP contribution in [0.2, 0.25) is 0 Å². The zero-order chi connectivity index (χ0) is 19.3. The van der Waals surface area contributed by atoms with E-state index in [0.717, 1.165) is 17.0 Å². The first kappa shape index (κ1) is 19.1. The number of rotatable bonds is 3. The molecule has 0 fully saturated rings. The zero-order valence-corrected chi connectivity index (χ0v) is 15.9. The number of allylic oxidation sites excluding steroid dienone is 6. The number of nitriles is 2. The van der Waals surface area contributed by atoms with Gasteiger partial charge in [-0.3, -0.25) is 0 Å². The zero-order valence-electron chi connectivity index (χ0n) is 15.9. The first-order chi connectivity index (χ1) is 12.2. The second kappa shape index (κ2) is 7.76. The molecule has 0 amide bonds. The summed E-state index contributed by atoms with van der Waals surface area (Å²) < 4.78 is 5.98. The summed E-state index contributed by atoms with van der Waals surface area (Å²) >= 11 is 0. The fraction of sp³-hybridized carbons (Fsp3) is 0.273. The normalized spacial score (nSPS) is 14.0. The Balaban J connectivity index is 2.35. The summed E-state index contributed by atoms with van der Waals surface area (Å²) in [6.07, 6.45) is 7.30. The highest BCUT2D eigenvalue weighted by Gasteiger charge is 2.23. The number of anilines is 1. The van der Waals surface area contributed by atoms with Crippen LogP contribution in [0.15, 0.2) is 65.2 Å². The maximum absolute atomic E-state index is 9.18. The Labute approximate surface area is 155 Å². The average Bonchev–Trinajstić information content (AvgIpc) is 2.60. The number of nitrogens with zero attached hydrogens (tertiary/aromatic N) is 3. The Morgan fingerprint density at radius 1 is 1.00 bits per heavy atom. The molecule has 0 spiro atoms. The molecule has 0 atom stereocenters. The molecule has 132 valence electrons. The van der Waals surface area contributed by atoms with Crippen LogP contribution in [-0.4, -0.2) is 14.1 Å². The lowest BCUT2D eigenvalue weighted by atomic mass is 9.90. The highest BCUT2D eigenvalue weighted by molar-refractivity contribution is 5.59. The number of hydrogen-bond donors (Lipinski definition) is 0. The van der Waals surface area contributed by atoms with Crippen molar-refractivity contribution < 1.29 is 4.74 Å². The Kier molecular flexibility index (Phi) is 5.70. The lowest BCUT2D eigenvalue weighted by Crippen LogP contribution is -2.15. The second-order valence-corrected chi connectivity index (χ2v) is 7.28. The summed E-state index contributed by atoms with van der Waals surface area (Å²) in [5.41, 5.74) is 2.59. The van der Waals surface area contributed by atoms with E-state index in [9.17, 15) is 10.5 Å². The molecule has 0 unspecified atom stereocenters. The van der Waals surface area contributed by atoms with Crippen molar-refractivity contribution in [1.29, 1.82) is 10.5 Å². The van der Waals surface area contributed by atoms with E-state index in [1.807, 2.05) is 88.3 Å². The molecule has 0 saturated carbocycles. The third kappa shape index (κ3) is 4.65. The van der Waals surface area contributed by atoms with Crippen LogP contribution < -0.4 is 4.90 Å². The van der Waals surface area contributed by atoms with Gasteiger partial charge in [0.15, 0.2) is 0 Å². The van der Waals surface area contributed by atoms with Gasteiger partial charge in [0.05, 0.1) is 0 Å². The molecule has 2 rings (SSSR count). The quantitative estimate of drug-likeness (QED) is 0.727. The fourth-order valence-electron chi connectivity index (χ4n) is 2.33. The Morgan fingerprint density at radius 3 is 2.12 bits per heavy atom. The van der Waals surface area contributed by atoms with Crippen molar-refractivity contribution in [2.24, 2.45) is 5.41 Å². The van der Waals surface area contributed by atoms with Crippen molar-refractivity contribution in [1.82, 2.24) is 0 Å². The van der Waals surface area contributed by atoms with Crippen LogP contribution in [0, 0.1) is 28.1 Å². The minimum absolute atomic E-state index is 0.0799. The van der Waals surface area contributed by atoms with E-state index in [2.05, 4.69) is 0 Å². The highest BCUT2D eigenvalue weighted by Crippen LogP contribution is 2.34. The third-order valence-corrected chi connectivity index (χ3v) is 3.91. The number of ether oxygens (including phenoxy) is 1. The predicted molar refractivity (Wildman–Crippen MR) is 105 cm³/mol. The minimum Gasteiger partial charge on any atom is -0.461 e. The van der Waals surface area contributed by atoms with Gasteiger partial charge >= 0.3 is 0 Å². The van der Waals surface area contributed by atoms with Crippen molar-refractivity contribution >= 4 is 11.8 Å². The molecule has 1 heterocycles. The molecule has 0 saturated heterocycles. The van der Waals surface area contributed by atoms with Crippen molar-refractivity contribution in [3.05, 3.63) is 70.7 Å².